The summed E-state index contributed by atoms with van der Waals surface area (Å²) in [5.41, 5.74) is 0.802. The van der Waals surface area contributed by atoms with Crippen molar-refractivity contribution in [3.63, 3.8) is 0 Å². The second kappa shape index (κ2) is 6.58. The Morgan fingerprint density at radius 2 is 1.12 bits per heavy atom. The summed E-state index contributed by atoms with van der Waals surface area (Å²) in [7, 11) is 0. The molecule has 0 bridgehead atoms. The summed E-state index contributed by atoms with van der Waals surface area (Å²) in [4.78, 5) is 24.5. The van der Waals surface area contributed by atoms with E-state index in [1.165, 1.54) is 0 Å². The van der Waals surface area contributed by atoms with Crippen LogP contribution in [0.25, 0.3) is 0 Å². The molecule has 132 valence electrons. The van der Waals surface area contributed by atoms with Crippen LogP contribution in [-0.4, -0.2) is 11.9 Å². The van der Waals surface area contributed by atoms with Gasteiger partial charge in [0.25, 0.3) is 0 Å². The number of benzene rings is 1. The molecule has 0 N–H and O–H groups in total. The van der Waals surface area contributed by atoms with Crippen molar-refractivity contribution in [3.8, 4) is 0 Å². The van der Waals surface area contributed by atoms with E-state index in [-0.39, 0.29) is 24.1 Å². The number of ether oxygens (including phenoxy) is 2. The lowest BCUT2D eigenvalue weighted by Crippen LogP contribution is -2.30. The molecule has 0 radical (unpaired) electrons. The maximum absolute atomic E-state index is 12.2. The Morgan fingerprint density at radius 1 is 0.792 bits per heavy atom. The number of carbonyl (C=O) groups is 2. The Labute approximate surface area is 144 Å². The molecule has 2 atom stereocenters. The molecule has 4 nitrogen and oxygen atoms in total. The molecule has 1 aliphatic rings. The van der Waals surface area contributed by atoms with Gasteiger partial charge in [-0.3, -0.25) is 9.59 Å². The number of carbonyl (C=O) groups excluding carboxylic acids is 2. The van der Waals surface area contributed by atoms with Crippen LogP contribution < -0.4 is 0 Å². The fraction of sp³-hybridized carbons (Fsp3) is 0.600. The number of fused-ring (bicyclic) bond motifs is 1. The first-order valence-corrected chi connectivity index (χ1v) is 8.51. The Balaban J connectivity index is 2.22. The maximum Gasteiger partial charge on any atom is 0.311 e. The van der Waals surface area contributed by atoms with E-state index in [2.05, 4.69) is 0 Å². The molecule has 1 aliphatic carbocycles. The van der Waals surface area contributed by atoms with E-state index in [0.29, 0.717) is 12.8 Å². The first-order valence-electron chi connectivity index (χ1n) is 8.51. The molecule has 0 saturated carbocycles. The average molecular weight is 332 g/mol. The molecule has 0 aromatic heterocycles. The lowest BCUT2D eigenvalue weighted by molar-refractivity contribution is -0.165. The van der Waals surface area contributed by atoms with Gasteiger partial charge in [-0.1, -0.05) is 24.3 Å². The molecule has 0 fully saturated rings. The highest BCUT2D eigenvalue weighted by atomic mass is 16.6. The van der Waals surface area contributed by atoms with Gasteiger partial charge in [-0.25, -0.2) is 0 Å². The van der Waals surface area contributed by atoms with Gasteiger partial charge < -0.3 is 9.47 Å². The van der Waals surface area contributed by atoms with Gasteiger partial charge in [0.15, 0.2) is 0 Å². The zero-order valence-corrected chi connectivity index (χ0v) is 15.5. The van der Waals surface area contributed by atoms with Crippen molar-refractivity contribution in [1.82, 2.24) is 0 Å². The molecule has 0 unspecified atom stereocenters. The van der Waals surface area contributed by atoms with Gasteiger partial charge in [-0.15, -0.1) is 0 Å². The van der Waals surface area contributed by atoms with Crippen molar-refractivity contribution in [2.45, 2.75) is 66.6 Å². The summed E-state index contributed by atoms with van der Waals surface area (Å²) in [6, 6.07) is 7.75. The predicted molar refractivity (Wildman–Crippen MR) is 92.3 cm³/mol. The molecule has 24 heavy (non-hydrogen) atoms. The molecule has 0 aliphatic heterocycles. The van der Waals surface area contributed by atoms with Crippen LogP contribution in [0.4, 0.5) is 0 Å². The van der Waals surface area contributed by atoms with Gasteiger partial charge >= 0.3 is 11.9 Å². The number of hydrogen-bond donors (Lipinski definition) is 0. The van der Waals surface area contributed by atoms with Crippen LogP contribution in [0.15, 0.2) is 24.3 Å². The summed E-state index contributed by atoms with van der Waals surface area (Å²) >= 11 is 0. The molecule has 0 spiro atoms. The highest BCUT2D eigenvalue weighted by Crippen LogP contribution is 2.41. The molecule has 2 rings (SSSR count). The lowest BCUT2D eigenvalue weighted by atomic mass is 9.86. The Hall–Kier alpha value is -1.84. The summed E-state index contributed by atoms with van der Waals surface area (Å²) in [5.74, 6) is -0.431. The molecular weight excluding hydrogens is 304 g/mol. The number of hydrogen-bond acceptors (Lipinski definition) is 4. The molecule has 1 aromatic carbocycles. The fourth-order valence-corrected chi connectivity index (χ4v) is 2.57. The van der Waals surface area contributed by atoms with Gasteiger partial charge in [0.2, 0.25) is 0 Å². The highest BCUT2D eigenvalue weighted by Gasteiger charge is 2.35. The number of esters is 2. The monoisotopic (exact) mass is 332 g/mol. The Kier molecular flexibility index (Phi) is 5.07. The third-order valence-electron chi connectivity index (χ3n) is 4.10. The van der Waals surface area contributed by atoms with Crippen LogP contribution in [0.2, 0.25) is 0 Å². The minimum Gasteiger partial charge on any atom is -0.457 e. The van der Waals surface area contributed by atoms with Crippen molar-refractivity contribution in [2.75, 3.05) is 0 Å². The highest BCUT2D eigenvalue weighted by molar-refractivity contribution is 5.76. The topological polar surface area (TPSA) is 52.6 Å². The first-order chi connectivity index (χ1) is 11.0. The van der Waals surface area contributed by atoms with Crippen LogP contribution in [0, 0.1) is 10.8 Å². The van der Waals surface area contributed by atoms with Crippen LogP contribution in [0.1, 0.15) is 77.7 Å². The third-order valence-corrected chi connectivity index (χ3v) is 4.10. The van der Waals surface area contributed by atoms with E-state index in [1.54, 1.807) is 0 Å². The SMILES string of the molecule is CC(C)(C)C(=O)O[C@H]1CC[C@H](OC(=O)C(C)(C)C)c2ccccc21. The minimum atomic E-state index is -0.537. The summed E-state index contributed by atoms with van der Waals surface area (Å²) in [6.07, 6.45) is 0.747. The largest absolute Gasteiger partial charge is 0.457 e. The predicted octanol–water partition coefficient (Wildman–Crippen LogP) is 4.74. The molecule has 0 saturated heterocycles. The van der Waals surface area contributed by atoms with Crippen molar-refractivity contribution in [3.05, 3.63) is 35.4 Å². The Morgan fingerprint density at radius 3 is 1.42 bits per heavy atom. The zero-order valence-electron chi connectivity index (χ0n) is 15.5. The second-order valence-electron chi connectivity index (χ2n) is 8.49. The smallest absolute Gasteiger partial charge is 0.311 e. The van der Waals surface area contributed by atoms with Crippen molar-refractivity contribution < 1.29 is 19.1 Å². The van der Waals surface area contributed by atoms with E-state index in [9.17, 15) is 9.59 Å². The standard InChI is InChI=1S/C20H28O4/c1-19(2,3)17(21)23-15-11-12-16(24-18(22)20(4,5)6)14-10-8-7-9-13(14)15/h7-10,15-16H,11-12H2,1-6H3/t15-,16-/m0/s1. The fourth-order valence-electron chi connectivity index (χ4n) is 2.57. The van der Waals surface area contributed by atoms with Crippen molar-refractivity contribution >= 4 is 11.9 Å². The zero-order chi connectivity index (χ0) is 18.1. The van der Waals surface area contributed by atoms with Crippen LogP contribution in [0.3, 0.4) is 0 Å². The summed E-state index contributed by atoms with van der Waals surface area (Å²) < 4.78 is 11.4. The van der Waals surface area contributed by atoms with Gasteiger partial charge in [-0.05, 0) is 65.5 Å². The maximum atomic E-state index is 12.2. The van der Waals surface area contributed by atoms with Crippen LogP contribution in [0.5, 0.6) is 0 Å². The summed E-state index contributed by atoms with van der Waals surface area (Å²) in [5, 5.41) is 0. The second-order valence-corrected chi connectivity index (χ2v) is 8.49. The normalized spacial score (nSPS) is 20.9. The minimum absolute atomic E-state index is 0.215. The van der Waals surface area contributed by atoms with Gasteiger partial charge in [0.1, 0.15) is 12.2 Å². The van der Waals surface area contributed by atoms with E-state index in [1.807, 2.05) is 65.8 Å². The molecule has 1 aromatic rings. The third kappa shape index (κ3) is 4.16. The molecular formula is C20H28O4. The molecule has 4 heteroatoms. The average Bonchev–Trinajstić information content (AvgIpc) is 2.47. The molecule has 0 amide bonds. The van der Waals surface area contributed by atoms with Crippen LogP contribution >= 0.6 is 0 Å². The lowest BCUT2D eigenvalue weighted by Gasteiger charge is -2.33. The van der Waals surface area contributed by atoms with E-state index in [0.717, 1.165) is 11.1 Å². The van der Waals surface area contributed by atoms with Crippen LogP contribution in [-0.2, 0) is 19.1 Å². The van der Waals surface area contributed by atoms with Crippen molar-refractivity contribution in [1.29, 1.82) is 0 Å². The molecule has 0 heterocycles. The van der Waals surface area contributed by atoms with E-state index >= 15 is 0 Å². The van der Waals surface area contributed by atoms with Gasteiger partial charge in [0.05, 0.1) is 10.8 Å². The van der Waals surface area contributed by atoms with Crippen molar-refractivity contribution in [2.24, 2.45) is 10.8 Å². The van der Waals surface area contributed by atoms with E-state index in [4.69, 9.17) is 9.47 Å². The van der Waals surface area contributed by atoms with E-state index < -0.39 is 10.8 Å². The quantitative estimate of drug-likeness (QED) is 0.734. The number of rotatable bonds is 2. The first kappa shape index (κ1) is 18.5. The van der Waals surface area contributed by atoms with Gasteiger partial charge in [0, 0.05) is 0 Å². The summed E-state index contributed by atoms with van der Waals surface area (Å²) in [6.45, 7) is 11.1. The van der Waals surface area contributed by atoms with Gasteiger partial charge in [-0.2, -0.15) is 0 Å². The Bertz CT molecular complexity index is 564.